The van der Waals surface area contributed by atoms with E-state index in [0.29, 0.717) is 12.8 Å². The van der Waals surface area contributed by atoms with Gasteiger partial charge in [0, 0.05) is 0 Å². The number of amides is 3. The lowest BCUT2D eigenvalue weighted by Gasteiger charge is -2.21. The van der Waals surface area contributed by atoms with E-state index in [4.69, 9.17) is 4.74 Å². The van der Waals surface area contributed by atoms with Gasteiger partial charge in [-0.3, -0.25) is 19.3 Å². The number of fused-ring (bicyclic) bond motifs is 1. The third kappa shape index (κ3) is 3.64. The molecule has 1 saturated heterocycles. The molecule has 0 unspecified atom stereocenters. The van der Waals surface area contributed by atoms with Crippen molar-refractivity contribution < 1.29 is 32.7 Å². The molecule has 1 aliphatic carbocycles. The number of para-hydroxylation sites is 1. The molecule has 7 nitrogen and oxygen atoms in total. The molecule has 1 aromatic carbocycles. The average Bonchev–Trinajstić information content (AvgIpc) is 2.93. The summed E-state index contributed by atoms with van der Waals surface area (Å²) in [5, 5.41) is 1.98. The first kappa shape index (κ1) is 19.7. The first-order valence-corrected chi connectivity index (χ1v) is 8.73. The van der Waals surface area contributed by atoms with Crippen LogP contribution in [0.3, 0.4) is 0 Å². The van der Waals surface area contributed by atoms with Crippen LogP contribution in [0, 0.1) is 23.5 Å². The van der Waals surface area contributed by atoms with Gasteiger partial charge in [-0.25, -0.2) is 13.6 Å². The van der Waals surface area contributed by atoms with Crippen LogP contribution in [0.4, 0.5) is 14.5 Å². The molecule has 9 heteroatoms. The number of carbonyl (C=O) groups excluding carboxylic acids is 4. The van der Waals surface area contributed by atoms with Crippen LogP contribution in [0.5, 0.6) is 0 Å². The van der Waals surface area contributed by atoms with E-state index in [9.17, 15) is 28.0 Å². The summed E-state index contributed by atoms with van der Waals surface area (Å²) in [5.74, 6) is -5.72. The topological polar surface area (TPSA) is 92.8 Å². The van der Waals surface area contributed by atoms with Crippen molar-refractivity contribution in [2.45, 2.75) is 25.8 Å². The smallest absolute Gasteiger partial charge is 0.329 e. The molecule has 148 valence electrons. The highest BCUT2D eigenvalue weighted by Crippen LogP contribution is 2.36. The standard InChI is InChI=1S/C19H18F2N2O5/c1-10(23-17(25)11-5-2-3-6-12(11)18(23)26)19(27)28-9-15(24)22-16-13(20)7-4-8-14(16)21/h2-4,7-8,10-12H,5-6,9H2,1H3,(H,22,24)/t10-,11+,12+/m0/s1. The fraction of sp³-hybridized carbons (Fsp3) is 0.368. The van der Waals surface area contributed by atoms with Gasteiger partial charge < -0.3 is 10.1 Å². The molecule has 1 N–H and O–H groups in total. The maximum Gasteiger partial charge on any atom is 0.329 e. The molecule has 3 atom stereocenters. The predicted molar refractivity (Wildman–Crippen MR) is 92.6 cm³/mol. The van der Waals surface area contributed by atoms with Gasteiger partial charge in [0.1, 0.15) is 23.4 Å². The van der Waals surface area contributed by atoms with Crippen LogP contribution in [-0.2, 0) is 23.9 Å². The molecule has 1 heterocycles. The second kappa shape index (κ2) is 7.87. The Labute approximate surface area is 159 Å². The number of benzene rings is 1. The lowest BCUT2D eigenvalue weighted by molar-refractivity contribution is -0.159. The monoisotopic (exact) mass is 392 g/mol. The molecular weight excluding hydrogens is 374 g/mol. The minimum absolute atomic E-state index is 0.435. The zero-order chi connectivity index (χ0) is 20.4. The summed E-state index contributed by atoms with van der Waals surface area (Å²) in [6, 6.07) is 1.86. The van der Waals surface area contributed by atoms with Crippen molar-refractivity contribution in [3.05, 3.63) is 42.0 Å². The Morgan fingerprint density at radius 3 is 2.21 bits per heavy atom. The molecule has 28 heavy (non-hydrogen) atoms. The quantitative estimate of drug-likeness (QED) is 0.469. The van der Waals surface area contributed by atoms with E-state index in [1.54, 1.807) is 0 Å². The summed E-state index contributed by atoms with van der Waals surface area (Å²) in [5.41, 5.74) is -0.655. The molecule has 2 aliphatic rings. The van der Waals surface area contributed by atoms with E-state index in [1.807, 2.05) is 17.5 Å². The van der Waals surface area contributed by atoms with E-state index in [1.165, 1.54) is 6.92 Å². The molecule has 1 fully saturated rings. The van der Waals surface area contributed by atoms with Gasteiger partial charge in [-0.1, -0.05) is 18.2 Å². The second-order valence-corrected chi connectivity index (χ2v) is 6.63. The number of imide groups is 1. The largest absolute Gasteiger partial charge is 0.454 e. The molecule has 0 bridgehead atoms. The highest BCUT2D eigenvalue weighted by atomic mass is 19.1. The number of likely N-dealkylation sites (tertiary alicyclic amines) is 1. The van der Waals surface area contributed by atoms with Crippen LogP contribution in [0.2, 0.25) is 0 Å². The van der Waals surface area contributed by atoms with Gasteiger partial charge in [-0.05, 0) is 31.9 Å². The number of carbonyl (C=O) groups is 4. The Morgan fingerprint density at radius 1 is 1.14 bits per heavy atom. The summed E-state index contributed by atoms with van der Waals surface area (Å²) in [6.07, 6.45) is 4.52. The van der Waals surface area contributed by atoms with Crippen LogP contribution < -0.4 is 5.32 Å². The fourth-order valence-electron chi connectivity index (χ4n) is 3.36. The maximum absolute atomic E-state index is 13.5. The first-order valence-electron chi connectivity index (χ1n) is 8.73. The van der Waals surface area contributed by atoms with Crippen LogP contribution in [0.1, 0.15) is 19.8 Å². The van der Waals surface area contributed by atoms with E-state index >= 15 is 0 Å². The Morgan fingerprint density at radius 2 is 1.68 bits per heavy atom. The number of hydrogen-bond donors (Lipinski definition) is 1. The summed E-state index contributed by atoms with van der Waals surface area (Å²) in [6.45, 7) is 0.513. The fourth-order valence-corrected chi connectivity index (χ4v) is 3.36. The van der Waals surface area contributed by atoms with Crippen molar-refractivity contribution in [1.29, 1.82) is 0 Å². The number of nitrogens with one attached hydrogen (secondary N) is 1. The number of halogens is 2. The summed E-state index contributed by atoms with van der Waals surface area (Å²) >= 11 is 0. The van der Waals surface area contributed by atoms with E-state index in [2.05, 4.69) is 0 Å². The van der Waals surface area contributed by atoms with Crippen LogP contribution in [-0.4, -0.2) is 41.2 Å². The van der Waals surface area contributed by atoms with Crippen LogP contribution in [0.15, 0.2) is 30.4 Å². The summed E-state index contributed by atoms with van der Waals surface area (Å²) in [4.78, 5) is 49.8. The molecular formula is C19H18F2N2O5. The van der Waals surface area contributed by atoms with Crippen molar-refractivity contribution in [3.8, 4) is 0 Å². The van der Waals surface area contributed by atoms with Crippen molar-refractivity contribution in [3.63, 3.8) is 0 Å². The Bertz CT molecular complexity index is 824. The predicted octanol–water partition coefficient (Wildman–Crippen LogP) is 1.79. The number of allylic oxidation sites excluding steroid dienone is 2. The molecule has 0 radical (unpaired) electrons. The number of esters is 1. The van der Waals surface area contributed by atoms with Gasteiger partial charge in [0.15, 0.2) is 6.61 Å². The van der Waals surface area contributed by atoms with Crippen LogP contribution >= 0.6 is 0 Å². The third-order valence-corrected chi connectivity index (χ3v) is 4.84. The molecule has 0 saturated carbocycles. The van der Waals surface area contributed by atoms with Gasteiger partial charge in [0.25, 0.3) is 5.91 Å². The maximum atomic E-state index is 13.5. The lowest BCUT2D eigenvalue weighted by Crippen LogP contribution is -2.45. The third-order valence-electron chi connectivity index (χ3n) is 4.84. The number of anilines is 1. The Hall–Kier alpha value is -3.10. The number of hydrogen-bond acceptors (Lipinski definition) is 5. The molecule has 0 spiro atoms. The van der Waals surface area contributed by atoms with Gasteiger partial charge in [0.2, 0.25) is 11.8 Å². The van der Waals surface area contributed by atoms with Crippen molar-refractivity contribution >= 4 is 29.4 Å². The van der Waals surface area contributed by atoms with E-state index in [0.717, 1.165) is 23.1 Å². The van der Waals surface area contributed by atoms with Gasteiger partial charge in [0.05, 0.1) is 11.8 Å². The average molecular weight is 392 g/mol. The minimum Gasteiger partial charge on any atom is -0.454 e. The van der Waals surface area contributed by atoms with Gasteiger partial charge >= 0.3 is 5.97 Å². The second-order valence-electron chi connectivity index (χ2n) is 6.63. The van der Waals surface area contributed by atoms with Crippen molar-refractivity contribution in [1.82, 2.24) is 4.90 Å². The number of rotatable bonds is 5. The lowest BCUT2D eigenvalue weighted by atomic mass is 9.85. The molecule has 3 rings (SSSR count). The normalized spacial score (nSPS) is 22.0. The molecule has 3 amide bonds. The zero-order valence-electron chi connectivity index (χ0n) is 15.0. The molecule has 0 aromatic heterocycles. The van der Waals surface area contributed by atoms with Gasteiger partial charge in [-0.15, -0.1) is 0 Å². The molecule has 1 aromatic rings. The van der Waals surface area contributed by atoms with Crippen molar-refractivity contribution in [2.75, 3.05) is 11.9 Å². The highest BCUT2D eigenvalue weighted by Gasteiger charge is 2.50. The minimum atomic E-state index is -1.21. The first-order chi connectivity index (χ1) is 13.3. The summed E-state index contributed by atoms with van der Waals surface area (Å²) in [7, 11) is 0. The molecule has 1 aliphatic heterocycles. The summed E-state index contributed by atoms with van der Waals surface area (Å²) < 4.78 is 31.9. The number of nitrogens with zero attached hydrogens (tertiary/aromatic N) is 1. The van der Waals surface area contributed by atoms with Crippen LogP contribution in [0.25, 0.3) is 0 Å². The Balaban J connectivity index is 1.58. The SMILES string of the molecule is C[C@@H](C(=O)OCC(=O)Nc1c(F)cccc1F)N1C(=O)[C@@H]2CC=CC[C@H]2C1=O. The van der Waals surface area contributed by atoms with Crippen molar-refractivity contribution in [2.24, 2.45) is 11.8 Å². The van der Waals surface area contributed by atoms with E-state index in [-0.39, 0.29) is 0 Å². The number of ether oxygens (including phenoxy) is 1. The highest BCUT2D eigenvalue weighted by molar-refractivity contribution is 6.08. The zero-order valence-corrected chi connectivity index (χ0v) is 15.0. The van der Waals surface area contributed by atoms with E-state index < -0.39 is 65.5 Å². The Kier molecular flexibility index (Phi) is 5.53. The van der Waals surface area contributed by atoms with Gasteiger partial charge in [-0.2, -0.15) is 0 Å².